The lowest BCUT2D eigenvalue weighted by atomic mass is 10.2. The first kappa shape index (κ1) is 20.9. The molecule has 1 aliphatic rings. The molecule has 158 valence electrons. The molecule has 2 aromatic carbocycles. The Kier molecular flexibility index (Phi) is 5.83. The monoisotopic (exact) mass is 493 g/mol. The number of hydrogen-bond acceptors (Lipinski definition) is 5. The molecule has 0 bridgehead atoms. The van der Waals surface area contributed by atoms with E-state index >= 15 is 0 Å². The van der Waals surface area contributed by atoms with Crippen LogP contribution in [0.4, 0.5) is 0 Å². The molecule has 4 rings (SSSR count). The van der Waals surface area contributed by atoms with Gasteiger partial charge >= 0.3 is 0 Å². The fourth-order valence-corrected chi connectivity index (χ4v) is 5.58. The summed E-state index contributed by atoms with van der Waals surface area (Å²) >= 11 is 3.35. The van der Waals surface area contributed by atoms with Gasteiger partial charge in [0.1, 0.15) is 29.0 Å². The van der Waals surface area contributed by atoms with Crippen molar-refractivity contribution in [3.63, 3.8) is 0 Å². The minimum absolute atomic E-state index is 0.105. The van der Waals surface area contributed by atoms with Crippen LogP contribution in [0, 0.1) is 0 Å². The predicted molar refractivity (Wildman–Crippen MR) is 115 cm³/mol. The molecule has 0 aliphatic carbocycles. The molecule has 0 spiro atoms. The van der Waals surface area contributed by atoms with E-state index in [1.54, 1.807) is 18.2 Å². The van der Waals surface area contributed by atoms with E-state index in [9.17, 15) is 13.2 Å². The molecular formula is C20H20BrN3O5S. The van der Waals surface area contributed by atoms with Crippen LogP contribution in [0.25, 0.3) is 10.9 Å². The largest absolute Gasteiger partial charge is 0.491 e. The first-order valence-corrected chi connectivity index (χ1v) is 11.5. The number of aromatic nitrogens is 1. The Morgan fingerprint density at radius 2 is 2.03 bits per heavy atom. The van der Waals surface area contributed by atoms with Gasteiger partial charge in [-0.15, -0.1) is 0 Å². The van der Waals surface area contributed by atoms with E-state index in [-0.39, 0.29) is 36.9 Å². The maximum absolute atomic E-state index is 13.5. The van der Waals surface area contributed by atoms with E-state index < -0.39 is 22.0 Å². The van der Waals surface area contributed by atoms with E-state index in [1.165, 1.54) is 4.31 Å². The van der Waals surface area contributed by atoms with Gasteiger partial charge in [-0.05, 0) is 30.3 Å². The van der Waals surface area contributed by atoms with Crippen LogP contribution < -0.4 is 10.5 Å². The lowest BCUT2D eigenvalue weighted by Gasteiger charge is -2.32. The number of nitrogens with one attached hydrogen (secondary N) is 1. The number of halogens is 1. The number of carbonyl (C=O) groups is 1. The number of hydrogen-bond donors (Lipinski definition) is 2. The number of nitrogens with zero attached hydrogens (tertiary/aromatic N) is 1. The van der Waals surface area contributed by atoms with E-state index in [0.29, 0.717) is 21.1 Å². The van der Waals surface area contributed by atoms with Crippen molar-refractivity contribution < 1.29 is 22.7 Å². The van der Waals surface area contributed by atoms with Crippen LogP contribution in [0.15, 0.2) is 57.9 Å². The van der Waals surface area contributed by atoms with Crippen molar-refractivity contribution in [1.29, 1.82) is 0 Å². The number of aromatic amines is 1. The van der Waals surface area contributed by atoms with Crippen molar-refractivity contribution in [3.8, 4) is 5.75 Å². The third-order valence-electron chi connectivity index (χ3n) is 4.84. The average Bonchev–Trinajstić information content (AvgIpc) is 3.13. The van der Waals surface area contributed by atoms with Gasteiger partial charge in [-0.1, -0.05) is 34.1 Å². The van der Waals surface area contributed by atoms with Gasteiger partial charge in [-0.2, -0.15) is 4.31 Å². The first-order valence-electron chi connectivity index (χ1n) is 9.27. The Balaban J connectivity index is 1.62. The van der Waals surface area contributed by atoms with Crippen molar-refractivity contribution in [3.05, 3.63) is 58.7 Å². The lowest BCUT2D eigenvalue weighted by Crippen LogP contribution is -2.47. The Morgan fingerprint density at radius 1 is 1.27 bits per heavy atom. The molecule has 1 fully saturated rings. The van der Waals surface area contributed by atoms with Crippen LogP contribution in [0.3, 0.4) is 0 Å². The molecule has 3 aromatic rings. The van der Waals surface area contributed by atoms with Crippen molar-refractivity contribution in [2.45, 2.75) is 11.0 Å². The molecule has 10 heteroatoms. The second-order valence-corrected chi connectivity index (χ2v) is 9.65. The second kappa shape index (κ2) is 8.38. The topological polar surface area (TPSA) is 115 Å². The van der Waals surface area contributed by atoms with Crippen molar-refractivity contribution >= 4 is 42.8 Å². The third kappa shape index (κ3) is 4.08. The summed E-state index contributed by atoms with van der Waals surface area (Å²) in [7, 11) is -4.01. The quantitative estimate of drug-likeness (QED) is 0.547. The third-order valence-corrected chi connectivity index (χ3v) is 7.28. The van der Waals surface area contributed by atoms with Gasteiger partial charge in [0.05, 0.1) is 6.61 Å². The molecule has 3 N–H and O–H groups in total. The number of sulfonamides is 1. The summed E-state index contributed by atoms with van der Waals surface area (Å²) in [4.78, 5) is 14.7. The number of amides is 1. The standard InChI is InChI=1S/C20H20BrN3O5S/c21-13-6-7-17-16(10-13)19(18(23-17)20(22)25)30(26,27)24-8-9-28-15(11-24)12-29-14-4-2-1-3-5-14/h1-7,10,15,23H,8-9,11-12H2,(H2,22,25)/t15-/m0/s1. The van der Waals surface area contributed by atoms with Gasteiger partial charge < -0.3 is 20.2 Å². The molecule has 30 heavy (non-hydrogen) atoms. The molecule has 1 aliphatic heterocycles. The summed E-state index contributed by atoms with van der Waals surface area (Å²) in [6.45, 7) is 0.704. The van der Waals surface area contributed by atoms with Gasteiger partial charge in [0.25, 0.3) is 5.91 Å². The number of ether oxygens (including phenoxy) is 2. The number of para-hydroxylation sites is 1. The first-order chi connectivity index (χ1) is 14.4. The molecule has 8 nitrogen and oxygen atoms in total. The Labute approximate surface area is 182 Å². The summed E-state index contributed by atoms with van der Waals surface area (Å²) in [6, 6.07) is 14.3. The summed E-state index contributed by atoms with van der Waals surface area (Å²) in [5.41, 5.74) is 5.86. The molecular weight excluding hydrogens is 474 g/mol. The van der Waals surface area contributed by atoms with Crippen molar-refractivity contribution in [1.82, 2.24) is 9.29 Å². The van der Waals surface area contributed by atoms with Crippen LogP contribution in [0.5, 0.6) is 5.75 Å². The fraction of sp³-hybridized carbons (Fsp3) is 0.250. The fourth-order valence-electron chi connectivity index (χ4n) is 3.43. The molecule has 2 heterocycles. The molecule has 0 radical (unpaired) electrons. The van der Waals surface area contributed by atoms with Crippen molar-refractivity contribution in [2.24, 2.45) is 5.73 Å². The number of nitrogens with two attached hydrogens (primary N) is 1. The van der Waals surface area contributed by atoms with Gasteiger partial charge in [0, 0.05) is 28.5 Å². The summed E-state index contributed by atoms with van der Waals surface area (Å²) < 4.78 is 40.4. The highest BCUT2D eigenvalue weighted by atomic mass is 79.9. The maximum atomic E-state index is 13.5. The zero-order valence-corrected chi connectivity index (χ0v) is 18.3. The van der Waals surface area contributed by atoms with Gasteiger partial charge in [0.2, 0.25) is 10.0 Å². The van der Waals surface area contributed by atoms with Crippen molar-refractivity contribution in [2.75, 3.05) is 26.3 Å². The molecule has 1 amide bonds. The van der Waals surface area contributed by atoms with E-state index in [1.807, 2.05) is 30.3 Å². The molecule has 0 saturated carbocycles. The van der Waals surface area contributed by atoms with Crippen LogP contribution in [0.1, 0.15) is 10.5 Å². The molecule has 1 atom stereocenters. The minimum atomic E-state index is -4.01. The number of fused-ring (bicyclic) bond motifs is 1. The Morgan fingerprint density at radius 3 is 2.77 bits per heavy atom. The predicted octanol–water partition coefficient (Wildman–Crippen LogP) is 2.50. The highest BCUT2D eigenvalue weighted by molar-refractivity contribution is 9.10. The highest BCUT2D eigenvalue weighted by Gasteiger charge is 2.36. The normalized spacial score (nSPS) is 17.8. The number of H-pyrrole nitrogens is 1. The molecule has 1 aromatic heterocycles. The zero-order valence-electron chi connectivity index (χ0n) is 15.9. The smallest absolute Gasteiger partial charge is 0.266 e. The Bertz CT molecular complexity index is 1180. The Hall–Kier alpha value is -2.40. The number of rotatable bonds is 6. The van der Waals surface area contributed by atoms with Gasteiger partial charge in [-0.3, -0.25) is 4.79 Å². The highest BCUT2D eigenvalue weighted by Crippen LogP contribution is 2.32. The number of carbonyl (C=O) groups excluding carboxylic acids is 1. The van der Waals surface area contributed by atoms with Gasteiger partial charge in [-0.25, -0.2) is 8.42 Å². The molecule has 1 saturated heterocycles. The summed E-state index contributed by atoms with van der Waals surface area (Å²) in [6.07, 6.45) is -0.442. The van der Waals surface area contributed by atoms with Crippen LogP contribution in [0.2, 0.25) is 0 Å². The van der Waals surface area contributed by atoms with E-state index in [2.05, 4.69) is 20.9 Å². The lowest BCUT2D eigenvalue weighted by molar-refractivity contribution is -0.0249. The van der Waals surface area contributed by atoms with Crippen LogP contribution in [-0.4, -0.2) is 56.0 Å². The SMILES string of the molecule is NC(=O)c1[nH]c2ccc(Br)cc2c1S(=O)(=O)N1CCO[C@H](COc2ccccc2)C1. The van der Waals surface area contributed by atoms with E-state index in [4.69, 9.17) is 15.2 Å². The molecule has 0 unspecified atom stereocenters. The number of morpholine rings is 1. The van der Waals surface area contributed by atoms with E-state index in [0.717, 1.165) is 0 Å². The number of benzene rings is 2. The van der Waals surface area contributed by atoms with Gasteiger partial charge in [0.15, 0.2) is 0 Å². The minimum Gasteiger partial charge on any atom is -0.491 e. The second-order valence-electron chi connectivity index (χ2n) is 6.86. The average molecular weight is 494 g/mol. The number of primary amides is 1. The van der Waals surface area contributed by atoms with Crippen LogP contribution in [-0.2, 0) is 14.8 Å². The maximum Gasteiger partial charge on any atom is 0.266 e. The zero-order chi connectivity index (χ0) is 21.3. The summed E-state index contributed by atoms with van der Waals surface area (Å²) in [5, 5.41) is 0.404. The summed E-state index contributed by atoms with van der Waals surface area (Å²) in [5.74, 6) is -0.156. The van der Waals surface area contributed by atoms with Crippen LogP contribution >= 0.6 is 15.9 Å².